The minimum atomic E-state index is -3.24. The summed E-state index contributed by atoms with van der Waals surface area (Å²) in [6.45, 7) is 2.35. The molecule has 1 N–H and O–H groups in total. The molecule has 1 atom stereocenters. The van der Waals surface area contributed by atoms with E-state index in [-0.39, 0.29) is 24.1 Å². The molecule has 1 aliphatic rings. The Kier molecular flexibility index (Phi) is 5.24. The Morgan fingerprint density at radius 2 is 2.14 bits per heavy atom. The van der Waals surface area contributed by atoms with Crippen LogP contribution in [-0.2, 0) is 14.8 Å². The van der Waals surface area contributed by atoms with Crippen molar-refractivity contribution in [3.63, 3.8) is 0 Å². The van der Waals surface area contributed by atoms with Gasteiger partial charge in [0.05, 0.1) is 22.4 Å². The molecule has 2 rings (SSSR count). The maximum Gasteiger partial charge on any atom is 0.228 e. The molecule has 1 saturated heterocycles. The van der Waals surface area contributed by atoms with Crippen LogP contribution in [0.15, 0.2) is 24.3 Å². The van der Waals surface area contributed by atoms with Crippen LogP contribution < -0.4 is 5.32 Å². The minimum Gasteiger partial charge on any atom is -0.324 e. The number of hydrogen-bond acceptors (Lipinski definition) is 3. The van der Waals surface area contributed by atoms with Crippen LogP contribution in [0.5, 0.6) is 0 Å². The van der Waals surface area contributed by atoms with Gasteiger partial charge in [0.1, 0.15) is 0 Å². The number of piperidine rings is 1. The highest BCUT2D eigenvalue weighted by Crippen LogP contribution is 2.24. The Labute approximate surface area is 130 Å². The Hall–Kier alpha value is -1.11. The van der Waals surface area contributed by atoms with Crippen LogP contribution in [0.2, 0.25) is 5.02 Å². The van der Waals surface area contributed by atoms with Crippen LogP contribution in [0.3, 0.4) is 0 Å². The van der Waals surface area contributed by atoms with Gasteiger partial charge < -0.3 is 5.32 Å². The molecule has 1 amide bonds. The van der Waals surface area contributed by atoms with Crippen molar-refractivity contribution in [3.05, 3.63) is 29.3 Å². The van der Waals surface area contributed by atoms with Gasteiger partial charge in [-0.1, -0.05) is 23.7 Å². The van der Waals surface area contributed by atoms with Gasteiger partial charge in [-0.2, -0.15) is 0 Å². The first-order valence-electron chi connectivity index (χ1n) is 6.97. The van der Waals surface area contributed by atoms with E-state index in [1.54, 1.807) is 31.2 Å². The Morgan fingerprint density at radius 1 is 1.43 bits per heavy atom. The van der Waals surface area contributed by atoms with E-state index in [1.807, 2.05) is 0 Å². The molecule has 0 spiro atoms. The molecule has 1 unspecified atom stereocenters. The zero-order valence-corrected chi connectivity index (χ0v) is 13.5. The van der Waals surface area contributed by atoms with Gasteiger partial charge in [0, 0.05) is 13.1 Å². The van der Waals surface area contributed by atoms with Gasteiger partial charge in [0.2, 0.25) is 15.9 Å². The van der Waals surface area contributed by atoms with E-state index in [4.69, 9.17) is 11.6 Å². The van der Waals surface area contributed by atoms with Crippen molar-refractivity contribution >= 4 is 33.2 Å². The summed E-state index contributed by atoms with van der Waals surface area (Å²) >= 11 is 6.01. The van der Waals surface area contributed by atoms with Gasteiger partial charge >= 0.3 is 0 Å². The topological polar surface area (TPSA) is 66.5 Å². The van der Waals surface area contributed by atoms with Gasteiger partial charge in [-0.15, -0.1) is 0 Å². The standard InChI is InChI=1S/C14H19ClN2O3S/c1-2-21(19,20)17-9-5-6-11(10-17)14(18)16-13-8-4-3-7-12(13)15/h3-4,7-8,11H,2,5-6,9-10H2,1H3,(H,16,18). The number of benzene rings is 1. The van der Waals surface area contributed by atoms with E-state index in [9.17, 15) is 13.2 Å². The number of amides is 1. The maximum atomic E-state index is 12.3. The molecule has 1 aromatic carbocycles. The van der Waals surface area contributed by atoms with Crippen molar-refractivity contribution in [2.24, 2.45) is 5.92 Å². The Morgan fingerprint density at radius 3 is 2.81 bits per heavy atom. The van der Waals surface area contributed by atoms with E-state index in [1.165, 1.54) is 4.31 Å². The number of rotatable bonds is 4. The van der Waals surface area contributed by atoms with E-state index in [0.29, 0.717) is 30.1 Å². The van der Waals surface area contributed by atoms with E-state index in [2.05, 4.69) is 5.32 Å². The summed E-state index contributed by atoms with van der Waals surface area (Å²) in [6.07, 6.45) is 1.38. The lowest BCUT2D eigenvalue weighted by molar-refractivity contribution is -0.120. The summed E-state index contributed by atoms with van der Waals surface area (Å²) in [5, 5.41) is 3.25. The highest BCUT2D eigenvalue weighted by atomic mass is 35.5. The fourth-order valence-corrected chi connectivity index (χ4v) is 3.75. The molecule has 0 bridgehead atoms. The van der Waals surface area contributed by atoms with Gasteiger partial charge in [-0.25, -0.2) is 12.7 Å². The van der Waals surface area contributed by atoms with Crippen LogP contribution in [0.1, 0.15) is 19.8 Å². The quantitative estimate of drug-likeness (QED) is 0.921. The SMILES string of the molecule is CCS(=O)(=O)N1CCCC(C(=O)Nc2ccccc2Cl)C1. The summed E-state index contributed by atoms with van der Waals surface area (Å²) < 4.78 is 25.2. The van der Waals surface area contributed by atoms with Crippen LogP contribution in [-0.4, -0.2) is 37.5 Å². The van der Waals surface area contributed by atoms with Gasteiger partial charge in [-0.3, -0.25) is 4.79 Å². The molecule has 5 nitrogen and oxygen atoms in total. The first-order valence-corrected chi connectivity index (χ1v) is 8.96. The molecule has 1 heterocycles. The third-order valence-electron chi connectivity index (χ3n) is 3.64. The smallest absolute Gasteiger partial charge is 0.228 e. The molecule has 7 heteroatoms. The molecular formula is C14H19ClN2O3S. The molecule has 0 aliphatic carbocycles. The number of halogens is 1. The number of anilines is 1. The second-order valence-corrected chi connectivity index (χ2v) is 7.73. The van der Waals surface area contributed by atoms with Crippen molar-refractivity contribution in [2.75, 3.05) is 24.2 Å². The number of sulfonamides is 1. The number of para-hydroxylation sites is 1. The maximum absolute atomic E-state index is 12.3. The summed E-state index contributed by atoms with van der Waals surface area (Å²) in [4.78, 5) is 12.3. The molecular weight excluding hydrogens is 312 g/mol. The zero-order chi connectivity index (χ0) is 15.5. The predicted molar refractivity (Wildman–Crippen MR) is 83.8 cm³/mol. The average molecular weight is 331 g/mol. The second-order valence-electron chi connectivity index (χ2n) is 5.07. The predicted octanol–water partition coefficient (Wildman–Crippen LogP) is 2.34. The first kappa shape index (κ1) is 16.3. The van der Waals surface area contributed by atoms with Crippen LogP contribution in [0, 0.1) is 5.92 Å². The number of carbonyl (C=O) groups is 1. The second kappa shape index (κ2) is 6.77. The normalized spacial score (nSPS) is 20.2. The zero-order valence-electron chi connectivity index (χ0n) is 11.9. The van der Waals surface area contributed by atoms with Crippen molar-refractivity contribution in [3.8, 4) is 0 Å². The molecule has 0 saturated carbocycles. The van der Waals surface area contributed by atoms with Crippen LogP contribution in [0.25, 0.3) is 0 Å². The molecule has 0 radical (unpaired) electrons. The van der Waals surface area contributed by atoms with E-state index < -0.39 is 10.0 Å². The van der Waals surface area contributed by atoms with Gasteiger partial charge in [0.15, 0.2) is 0 Å². The molecule has 1 aromatic rings. The minimum absolute atomic E-state index is 0.0614. The lowest BCUT2D eigenvalue weighted by Crippen LogP contribution is -2.44. The Balaban J connectivity index is 2.05. The van der Waals surface area contributed by atoms with Crippen molar-refractivity contribution in [2.45, 2.75) is 19.8 Å². The number of carbonyl (C=O) groups excluding carboxylic acids is 1. The summed E-state index contributed by atoms with van der Waals surface area (Å²) in [6, 6.07) is 7.00. The molecule has 116 valence electrons. The van der Waals surface area contributed by atoms with Crippen molar-refractivity contribution < 1.29 is 13.2 Å². The lowest BCUT2D eigenvalue weighted by atomic mass is 9.99. The van der Waals surface area contributed by atoms with Crippen molar-refractivity contribution in [1.29, 1.82) is 0 Å². The number of nitrogens with zero attached hydrogens (tertiary/aromatic N) is 1. The summed E-state index contributed by atoms with van der Waals surface area (Å²) in [7, 11) is -3.24. The van der Waals surface area contributed by atoms with Gasteiger partial charge in [0.25, 0.3) is 0 Å². The molecule has 1 aliphatic heterocycles. The van der Waals surface area contributed by atoms with E-state index in [0.717, 1.165) is 0 Å². The highest BCUT2D eigenvalue weighted by Gasteiger charge is 2.31. The van der Waals surface area contributed by atoms with Crippen LogP contribution >= 0.6 is 11.6 Å². The average Bonchev–Trinajstić information content (AvgIpc) is 2.49. The number of hydrogen-bond donors (Lipinski definition) is 1. The van der Waals surface area contributed by atoms with Gasteiger partial charge in [-0.05, 0) is 31.9 Å². The van der Waals surface area contributed by atoms with Crippen molar-refractivity contribution in [1.82, 2.24) is 4.31 Å². The number of nitrogens with one attached hydrogen (secondary N) is 1. The first-order chi connectivity index (χ1) is 9.94. The largest absolute Gasteiger partial charge is 0.324 e. The molecule has 21 heavy (non-hydrogen) atoms. The van der Waals surface area contributed by atoms with Crippen LogP contribution in [0.4, 0.5) is 5.69 Å². The van der Waals surface area contributed by atoms with E-state index >= 15 is 0 Å². The monoisotopic (exact) mass is 330 g/mol. The third kappa shape index (κ3) is 3.96. The highest BCUT2D eigenvalue weighted by molar-refractivity contribution is 7.89. The summed E-state index contributed by atoms with van der Waals surface area (Å²) in [5.74, 6) is -0.457. The molecule has 1 fully saturated rings. The summed E-state index contributed by atoms with van der Waals surface area (Å²) in [5.41, 5.74) is 0.555. The third-order valence-corrected chi connectivity index (χ3v) is 5.82. The Bertz CT molecular complexity index is 618. The lowest BCUT2D eigenvalue weighted by Gasteiger charge is -2.30. The fourth-order valence-electron chi connectivity index (χ4n) is 2.39. The fraction of sp³-hybridized carbons (Fsp3) is 0.500. The molecule has 0 aromatic heterocycles.